The van der Waals surface area contributed by atoms with Crippen molar-refractivity contribution in [1.82, 2.24) is 9.97 Å². The van der Waals surface area contributed by atoms with Crippen LogP contribution in [0.1, 0.15) is 11.1 Å². The van der Waals surface area contributed by atoms with Crippen molar-refractivity contribution in [3.63, 3.8) is 0 Å². The summed E-state index contributed by atoms with van der Waals surface area (Å²) >= 11 is 0. The fourth-order valence-corrected chi connectivity index (χ4v) is 5.63. The average Bonchev–Trinajstić information content (AvgIpc) is 3.83. The number of pyridine rings is 2. The van der Waals surface area contributed by atoms with Crippen LogP contribution in [-0.4, -0.2) is 9.97 Å². The van der Waals surface area contributed by atoms with Crippen LogP contribution < -0.4 is 0 Å². The molecule has 4 nitrogen and oxygen atoms in total. The molecule has 0 aliphatic carbocycles. The molecule has 4 heterocycles. The van der Waals surface area contributed by atoms with E-state index in [0.717, 1.165) is 0 Å². The van der Waals surface area contributed by atoms with Gasteiger partial charge in [0.05, 0.1) is 46.4 Å². The normalized spacial score (nSPS) is 12.0. The van der Waals surface area contributed by atoms with E-state index in [9.17, 15) is 26.3 Å². The van der Waals surface area contributed by atoms with E-state index in [1.165, 1.54) is 48.9 Å². The molecule has 0 bridgehead atoms. The Morgan fingerprint density at radius 1 is 0.417 bits per heavy atom. The SMILES string of the molecule is FC(F)(F)c1c(-c2ccco2)cc(-c2ccc(-c3cc(-c4ccco4)c(C(F)(F)F)c(-c4ccccc4)n3)cc2)nc1-c1ccccc1. The molecule has 0 spiro atoms. The van der Waals surface area contributed by atoms with Gasteiger partial charge in [0, 0.05) is 33.4 Å². The Kier molecular flexibility index (Phi) is 7.71. The standard InChI is InChI=1S/C38H22F6N2O2/c39-37(40,41)33-27(31-13-7-19-47-31)21-29(45-35(33)25-9-3-1-4-10-25)23-15-17-24(18-16-23)30-22-28(32-14-8-20-48-32)34(38(42,43)44)36(46-30)26-11-5-2-6-12-26/h1-22H. The smallest absolute Gasteiger partial charge is 0.419 e. The van der Waals surface area contributed by atoms with Crippen molar-refractivity contribution in [2.75, 3.05) is 0 Å². The maximum atomic E-state index is 14.6. The summed E-state index contributed by atoms with van der Waals surface area (Å²) in [5, 5.41) is 0. The molecule has 7 rings (SSSR count). The monoisotopic (exact) mass is 652 g/mol. The lowest BCUT2D eigenvalue weighted by Crippen LogP contribution is -2.12. The van der Waals surface area contributed by atoms with E-state index in [1.54, 1.807) is 84.9 Å². The Hall–Kier alpha value is -5.90. The number of aromatic nitrogens is 2. The van der Waals surface area contributed by atoms with Crippen molar-refractivity contribution in [3.8, 4) is 67.7 Å². The zero-order chi connectivity index (χ0) is 33.5. The van der Waals surface area contributed by atoms with Gasteiger partial charge in [0.25, 0.3) is 0 Å². The van der Waals surface area contributed by atoms with E-state index < -0.39 is 23.5 Å². The fraction of sp³-hybridized carbons (Fsp3) is 0.0526. The summed E-state index contributed by atoms with van der Waals surface area (Å²) in [7, 11) is 0. The molecule has 4 aromatic heterocycles. The van der Waals surface area contributed by atoms with Crippen LogP contribution in [0.15, 0.2) is 143 Å². The van der Waals surface area contributed by atoms with Gasteiger partial charge in [0.1, 0.15) is 11.5 Å². The molecule has 238 valence electrons. The summed E-state index contributed by atoms with van der Waals surface area (Å²) in [5.74, 6) is 0.0419. The summed E-state index contributed by atoms with van der Waals surface area (Å²) < 4.78 is 98.4. The Morgan fingerprint density at radius 3 is 1.10 bits per heavy atom. The second-order valence-corrected chi connectivity index (χ2v) is 10.8. The fourth-order valence-electron chi connectivity index (χ4n) is 5.63. The highest BCUT2D eigenvalue weighted by atomic mass is 19.4. The van der Waals surface area contributed by atoms with Crippen LogP contribution in [0, 0.1) is 0 Å². The molecule has 0 atom stereocenters. The number of halogens is 6. The van der Waals surface area contributed by atoms with E-state index in [1.807, 2.05) is 0 Å². The largest absolute Gasteiger partial charge is 0.464 e. The topological polar surface area (TPSA) is 52.1 Å². The molecule has 0 aliphatic rings. The second kappa shape index (κ2) is 12.0. The van der Waals surface area contributed by atoms with Crippen molar-refractivity contribution in [1.29, 1.82) is 0 Å². The van der Waals surface area contributed by atoms with Gasteiger partial charge in [-0.1, -0.05) is 84.9 Å². The predicted molar refractivity (Wildman–Crippen MR) is 169 cm³/mol. The number of rotatable bonds is 6. The maximum Gasteiger partial charge on any atom is 0.419 e. The first kappa shape index (κ1) is 30.7. The molecular weight excluding hydrogens is 630 g/mol. The first-order valence-electron chi connectivity index (χ1n) is 14.6. The number of furan rings is 2. The Labute approximate surface area is 270 Å². The molecule has 3 aromatic carbocycles. The van der Waals surface area contributed by atoms with Gasteiger partial charge in [-0.2, -0.15) is 26.3 Å². The molecule has 0 fully saturated rings. The van der Waals surface area contributed by atoms with Gasteiger partial charge in [-0.3, -0.25) is 0 Å². The number of benzene rings is 3. The quantitative estimate of drug-likeness (QED) is 0.168. The summed E-state index contributed by atoms with van der Waals surface area (Å²) in [6, 6.07) is 31.2. The van der Waals surface area contributed by atoms with Gasteiger partial charge in [-0.15, -0.1) is 0 Å². The lowest BCUT2D eigenvalue weighted by atomic mass is 9.95. The molecule has 0 unspecified atom stereocenters. The van der Waals surface area contributed by atoms with Crippen LogP contribution >= 0.6 is 0 Å². The van der Waals surface area contributed by atoms with Crippen molar-refractivity contribution >= 4 is 0 Å². The van der Waals surface area contributed by atoms with Crippen molar-refractivity contribution in [2.24, 2.45) is 0 Å². The highest BCUT2D eigenvalue weighted by Crippen LogP contribution is 2.46. The first-order chi connectivity index (χ1) is 23.1. The van der Waals surface area contributed by atoms with Crippen LogP contribution in [0.2, 0.25) is 0 Å². The summed E-state index contributed by atoms with van der Waals surface area (Å²) in [5.41, 5.74) is -0.810. The summed E-state index contributed by atoms with van der Waals surface area (Å²) in [4.78, 5) is 8.96. The lowest BCUT2D eigenvalue weighted by molar-refractivity contribution is -0.137. The van der Waals surface area contributed by atoms with Gasteiger partial charge in [-0.05, 0) is 36.4 Å². The number of nitrogens with zero attached hydrogens (tertiary/aromatic N) is 2. The second-order valence-electron chi connectivity index (χ2n) is 10.8. The van der Waals surface area contributed by atoms with Gasteiger partial charge < -0.3 is 8.83 Å². The first-order valence-corrected chi connectivity index (χ1v) is 14.6. The van der Waals surface area contributed by atoms with Crippen LogP contribution in [0.4, 0.5) is 26.3 Å². The van der Waals surface area contributed by atoms with Crippen molar-refractivity contribution in [2.45, 2.75) is 12.4 Å². The molecule has 48 heavy (non-hydrogen) atoms. The minimum absolute atomic E-state index is 0.0210. The Morgan fingerprint density at radius 2 is 0.792 bits per heavy atom. The zero-order valence-electron chi connectivity index (χ0n) is 24.7. The third kappa shape index (κ3) is 5.88. The third-order valence-electron chi connectivity index (χ3n) is 7.75. The van der Waals surface area contributed by atoms with E-state index in [0.29, 0.717) is 11.1 Å². The lowest BCUT2D eigenvalue weighted by Gasteiger charge is -2.19. The Bertz CT molecular complexity index is 2020. The molecule has 0 amide bonds. The van der Waals surface area contributed by atoms with Crippen molar-refractivity contribution < 1.29 is 35.2 Å². The molecule has 0 aliphatic heterocycles. The average molecular weight is 653 g/mol. The molecule has 0 N–H and O–H groups in total. The molecule has 10 heteroatoms. The van der Waals surface area contributed by atoms with Gasteiger partial charge in [-0.25, -0.2) is 9.97 Å². The molecule has 0 radical (unpaired) electrons. The summed E-state index contributed by atoms with van der Waals surface area (Å²) in [6.45, 7) is 0. The number of hydrogen-bond donors (Lipinski definition) is 0. The van der Waals surface area contributed by atoms with Crippen LogP contribution in [-0.2, 0) is 12.4 Å². The van der Waals surface area contributed by atoms with Crippen LogP contribution in [0.3, 0.4) is 0 Å². The van der Waals surface area contributed by atoms with Gasteiger partial charge in [0.15, 0.2) is 0 Å². The van der Waals surface area contributed by atoms with Gasteiger partial charge in [0.2, 0.25) is 0 Å². The van der Waals surface area contributed by atoms with Crippen LogP contribution in [0.5, 0.6) is 0 Å². The van der Waals surface area contributed by atoms with E-state index in [2.05, 4.69) is 9.97 Å². The zero-order valence-corrected chi connectivity index (χ0v) is 24.7. The molecular formula is C38H22F6N2O2. The number of hydrogen-bond acceptors (Lipinski definition) is 4. The highest BCUT2D eigenvalue weighted by Gasteiger charge is 2.40. The van der Waals surface area contributed by atoms with E-state index >= 15 is 0 Å². The molecule has 0 saturated carbocycles. The highest BCUT2D eigenvalue weighted by molar-refractivity contribution is 5.82. The summed E-state index contributed by atoms with van der Waals surface area (Å²) in [6.07, 6.45) is -6.91. The van der Waals surface area contributed by atoms with Gasteiger partial charge >= 0.3 is 12.4 Å². The minimum atomic E-state index is -4.75. The maximum absolute atomic E-state index is 14.6. The number of alkyl halides is 6. The predicted octanol–water partition coefficient (Wildman–Crippen LogP) is 11.7. The minimum Gasteiger partial charge on any atom is -0.464 e. The Balaban J connectivity index is 1.39. The molecule has 0 saturated heterocycles. The van der Waals surface area contributed by atoms with E-state index in [4.69, 9.17) is 8.83 Å². The third-order valence-corrected chi connectivity index (χ3v) is 7.75. The van der Waals surface area contributed by atoms with Crippen LogP contribution in [0.25, 0.3) is 67.7 Å². The van der Waals surface area contributed by atoms with Crippen molar-refractivity contribution in [3.05, 3.63) is 145 Å². The van der Waals surface area contributed by atoms with E-state index in [-0.39, 0.29) is 56.6 Å². The molecule has 7 aromatic rings.